The maximum Gasteiger partial charge on any atom is 0.337 e. The first kappa shape index (κ1) is 11.4. The molecule has 0 fully saturated rings. The molecule has 0 rings (SSSR count). The van der Waals surface area contributed by atoms with E-state index in [1.165, 1.54) is 7.11 Å². The van der Waals surface area contributed by atoms with Crippen LogP contribution in [-0.2, 0) is 9.53 Å². The highest BCUT2D eigenvalue weighted by Gasteiger charge is 2.34. The molecule has 0 amide bonds. The van der Waals surface area contributed by atoms with Crippen LogP contribution in [0.4, 0.5) is 0 Å². The molecule has 4 heteroatoms. The number of aliphatic hydroxyl groups is 2. The van der Waals surface area contributed by atoms with Crippen molar-refractivity contribution in [2.75, 3.05) is 7.11 Å². The smallest absolute Gasteiger partial charge is 0.337 e. The highest BCUT2D eigenvalue weighted by molar-refractivity contribution is 5.75. The van der Waals surface area contributed by atoms with Gasteiger partial charge in [0.15, 0.2) is 6.10 Å². The molecule has 0 aromatic rings. The number of carbonyl (C=O) groups is 1. The predicted octanol–water partition coefficient (Wildman–Crippen LogP) is -0.0727. The second-order valence-electron chi connectivity index (χ2n) is 3.78. The summed E-state index contributed by atoms with van der Waals surface area (Å²) in [4.78, 5) is 10.8. The fraction of sp³-hybridized carbons (Fsp3) is 0.875. The lowest BCUT2D eigenvalue weighted by molar-refractivity contribution is -0.161. The number of esters is 1. The Labute approximate surface area is 72.2 Å². The van der Waals surface area contributed by atoms with Crippen LogP contribution in [0, 0.1) is 5.41 Å². The third-order valence-corrected chi connectivity index (χ3v) is 1.63. The summed E-state index contributed by atoms with van der Waals surface area (Å²) in [6, 6.07) is 0. The number of carbonyl (C=O) groups excluding carboxylic acids is 1. The average molecular weight is 176 g/mol. The van der Waals surface area contributed by atoms with Gasteiger partial charge in [0.1, 0.15) is 0 Å². The minimum absolute atomic E-state index is 0.534. The molecule has 12 heavy (non-hydrogen) atoms. The van der Waals surface area contributed by atoms with Crippen molar-refractivity contribution in [3.63, 3.8) is 0 Å². The van der Waals surface area contributed by atoms with Gasteiger partial charge in [0.2, 0.25) is 0 Å². The normalized spacial score (nSPS) is 16.8. The van der Waals surface area contributed by atoms with Crippen LogP contribution < -0.4 is 0 Å². The van der Waals surface area contributed by atoms with Crippen LogP contribution in [-0.4, -0.2) is 35.5 Å². The quantitative estimate of drug-likeness (QED) is 0.578. The molecule has 0 aliphatic heterocycles. The molecule has 0 aliphatic rings. The first-order valence-electron chi connectivity index (χ1n) is 3.74. The van der Waals surface area contributed by atoms with Gasteiger partial charge < -0.3 is 14.9 Å². The van der Waals surface area contributed by atoms with Crippen LogP contribution in [0.15, 0.2) is 0 Å². The first-order valence-corrected chi connectivity index (χ1v) is 3.74. The fourth-order valence-corrected chi connectivity index (χ4v) is 0.723. The molecule has 0 heterocycles. The highest BCUT2D eigenvalue weighted by Crippen LogP contribution is 2.21. The monoisotopic (exact) mass is 176 g/mol. The summed E-state index contributed by atoms with van der Waals surface area (Å²) in [6.07, 6.45) is -2.57. The van der Waals surface area contributed by atoms with Gasteiger partial charge in [-0.05, 0) is 5.41 Å². The molecule has 0 unspecified atom stereocenters. The molecule has 0 aromatic heterocycles. The van der Waals surface area contributed by atoms with Crippen molar-refractivity contribution in [3.05, 3.63) is 0 Å². The van der Waals surface area contributed by atoms with E-state index in [-0.39, 0.29) is 0 Å². The maximum atomic E-state index is 10.8. The van der Waals surface area contributed by atoms with Crippen molar-refractivity contribution < 1.29 is 19.7 Å². The summed E-state index contributed by atoms with van der Waals surface area (Å²) in [6.45, 7) is 5.18. The molecular formula is C8H16O4. The van der Waals surface area contributed by atoms with Crippen molar-refractivity contribution in [3.8, 4) is 0 Å². The third-order valence-electron chi connectivity index (χ3n) is 1.63. The molecule has 72 valence electrons. The van der Waals surface area contributed by atoms with Crippen LogP contribution >= 0.6 is 0 Å². The van der Waals surface area contributed by atoms with Gasteiger partial charge in [-0.25, -0.2) is 4.79 Å². The maximum absolute atomic E-state index is 10.8. The summed E-state index contributed by atoms with van der Waals surface area (Å²) in [5, 5.41) is 18.6. The van der Waals surface area contributed by atoms with E-state index in [9.17, 15) is 15.0 Å². The van der Waals surface area contributed by atoms with E-state index in [1.54, 1.807) is 20.8 Å². The van der Waals surface area contributed by atoms with Gasteiger partial charge in [-0.1, -0.05) is 20.8 Å². The van der Waals surface area contributed by atoms with E-state index in [0.717, 1.165) is 0 Å². The number of aliphatic hydroxyl groups excluding tert-OH is 2. The second kappa shape index (κ2) is 3.87. The zero-order valence-electron chi connectivity index (χ0n) is 7.87. The van der Waals surface area contributed by atoms with Gasteiger partial charge in [0.25, 0.3) is 0 Å². The SMILES string of the molecule is COC(=O)[C@H](O)[C@@H](O)C(C)(C)C. The van der Waals surface area contributed by atoms with E-state index < -0.39 is 23.6 Å². The summed E-state index contributed by atoms with van der Waals surface area (Å²) >= 11 is 0. The molecular weight excluding hydrogens is 160 g/mol. The van der Waals surface area contributed by atoms with Gasteiger partial charge in [-0.15, -0.1) is 0 Å². The first-order chi connectivity index (χ1) is 5.30. The van der Waals surface area contributed by atoms with Crippen LogP contribution in [0.1, 0.15) is 20.8 Å². The minimum Gasteiger partial charge on any atom is -0.467 e. The Morgan fingerprint density at radius 1 is 1.33 bits per heavy atom. The molecule has 2 atom stereocenters. The molecule has 0 saturated heterocycles. The van der Waals surface area contributed by atoms with E-state index in [1.807, 2.05) is 0 Å². The van der Waals surface area contributed by atoms with E-state index >= 15 is 0 Å². The zero-order valence-corrected chi connectivity index (χ0v) is 7.87. The number of hydrogen-bond donors (Lipinski definition) is 2. The van der Waals surface area contributed by atoms with Crippen LogP contribution in [0.2, 0.25) is 0 Å². The van der Waals surface area contributed by atoms with E-state index in [2.05, 4.69) is 4.74 Å². The van der Waals surface area contributed by atoms with Crippen molar-refractivity contribution in [2.24, 2.45) is 5.41 Å². The summed E-state index contributed by atoms with van der Waals surface area (Å²) in [7, 11) is 1.17. The van der Waals surface area contributed by atoms with Crippen molar-refractivity contribution >= 4 is 5.97 Å². The topological polar surface area (TPSA) is 66.8 Å². The van der Waals surface area contributed by atoms with Gasteiger partial charge >= 0.3 is 5.97 Å². The van der Waals surface area contributed by atoms with E-state index in [0.29, 0.717) is 0 Å². The molecule has 0 saturated carbocycles. The number of ether oxygens (including phenoxy) is 1. The molecule has 0 bridgehead atoms. The van der Waals surface area contributed by atoms with Crippen molar-refractivity contribution in [1.29, 1.82) is 0 Å². The fourth-order valence-electron chi connectivity index (χ4n) is 0.723. The molecule has 2 N–H and O–H groups in total. The number of methoxy groups -OCH3 is 1. The summed E-state index contributed by atoms with van der Waals surface area (Å²) in [5.41, 5.74) is -0.534. The van der Waals surface area contributed by atoms with Gasteiger partial charge in [0.05, 0.1) is 13.2 Å². The molecule has 0 aromatic carbocycles. The summed E-state index contributed by atoms with van der Waals surface area (Å²) < 4.78 is 4.28. The Morgan fingerprint density at radius 2 is 1.75 bits per heavy atom. The Bertz CT molecular complexity index is 159. The van der Waals surface area contributed by atoms with Gasteiger partial charge in [-0.2, -0.15) is 0 Å². The van der Waals surface area contributed by atoms with Crippen molar-refractivity contribution in [1.82, 2.24) is 0 Å². The molecule has 0 radical (unpaired) electrons. The minimum atomic E-state index is -1.46. The predicted molar refractivity (Wildman–Crippen MR) is 43.5 cm³/mol. The average Bonchev–Trinajstić information content (AvgIpc) is 1.98. The lowest BCUT2D eigenvalue weighted by Gasteiger charge is -2.28. The summed E-state index contributed by atoms with van der Waals surface area (Å²) in [5.74, 6) is -0.808. The highest BCUT2D eigenvalue weighted by atomic mass is 16.5. The lowest BCUT2D eigenvalue weighted by atomic mass is 9.86. The molecule has 0 spiro atoms. The lowest BCUT2D eigenvalue weighted by Crippen LogP contribution is -2.43. The van der Waals surface area contributed by atoms with Crippen LogP contribution in [0.3, 0.4) is 0 Å². The third kappa shape index (κ3) is 2.79. The standard InChI is InChI=1S/C8H16O4/c1-8(2,3)6(10)5(9)7(11)12-4/h5-6,9-10H,1-4H3/t5-,6-/m1/s1. The van der Waals surface area contributed by atoms with Gasteiger partial charge in [-0.3, -0.25) is 0 Å². The second-order valence-corrected chi connectivity index (χ2v) is 3.78. The number of rotatable bonds is 2. The van der Waals surface area contributed by atoms with Crippen LogP contribution in [0.25, 0.3) is 0 Å². The Kier molecular flexibility index (Phi) is 3.67. The zero-order chi connectivity index (χ0) is 9.94. The number of hydrogen-bond acceptors (Lipinski definition) is 4. The Morgan fingerprint density at radius 3 is 2.00 bits per heavy atom. The largest absolute Gasteiger partial charge is 0.467 e. The Balaban J connectivity index is 4.29. The Hall–Kier alpha value is -0.610. The molecule has 0 aliphatic carbocycles. The molecule has 4 nitrogen and oxygen atoms in total. The van der Waals surface area contributed by atoms with Gasteiger partial charge in [0, 0.05) is 0 Å². The van der Waals surface area contributed by atoms with E-state index in [4.69, 9.17) is 0 Å². The van der Waals surface area contributed by atoms with Crippen molar-refractivity contribution in [2.45, 2.75) is 33.0 Å². The van der Waals surface area contributed by atoms with Crippen LogP contribution in [0.5, 0.6) is 0 Å².